The normalized spacial score (nSPS) is 19.3. The van der Waals surface area contributed by atoms with Gasteiger partial charge in [-0.2, -0.15) is 11.8 Å². The molecule has 0 aromatic heterocycles. The summed E-state index contributed by atoms with van der Waals surface area (Å²) in [7, 11) is 4.21. The van der Waals surface area contributed by atoms with E-state index in [1.54, 1.807) is 11.8 Å². The highest BCUT2D eigenvalue weighted by Gasteiger charge is 2.26. The van der Waals surface area contributed by atoms with Crippen LogP contribution in [0.3, 0.4) is 0 Å². The maximum atomic E-state index is 12.1. The molecular weight excluding hydrogens is 246 g/mol. The molecule has 1 aliphatic rings. The molecule has 18 heavy (non-hydrogen) atoms. The Balaban J connectivity index is 2.31. The Morgan fingerprint density at radius 1 is 1.44 bits per heavy atom. The summed E-state index contributed by atoms with van der Waals surface area (Å²) < 4.78 is 0. The van der Waals surface area contributed by atoms with Gasteiger partial charge in [-0.25, -0.2) is 0 Å². The van der Waals surface area contributed by atoms with Crippen molar-refractivity contribution in [2.75, 3.05) is 45.7 Å². The van der Waals surface area contributed by atoms with Crippen LogP contribution >= 0.6 is 11.8 Å². The molecule has 0 unspecified atom stereocenters. The second-order valence-electron chi connectivity index (χ2n) is 5.42. The van der Waals surface area contributed by atoms with Gasteiger partial charge in [0, 0.05) is 19.6 Å². The number of amides is 1. The molecular formula is C13H27N3OS. The number of carbonyl (C=O) groups excluding carboxylic acids is 1. The monoisotopic (exact) mass is 273 g/mol. The fourth-order valence-corrected chi connectivity index (χ4v) is 2.94. The summed E-state index contributed by atoms with van der Waals surface area (Å²) in [5, 5.41) is 0. The minimum atomic E-state index is -0.303. The molecule has 0 bridgehead atoms. The van der Waals surface area contributed by atoms with Crippen molar-refractivity contribution < 1.29 is 4.79 Å². The zero-order valence-electron chi connectivity index (χ0n) is 11.9. The Labute approximate surface area is 115 Å². The molecule has 4 nitrogen and oxygen atoms in total. The van der Waals surface area contributed by atoms with Crippen molar-refractivity contribution in [3.05, 3.63) is 0 Å². The quantitative estimate of drug-likeness (QED) is 0.780. The van der Waals surface area contributed by atoms with Crippen LogP contribution in [0.25, 0.3) is 0 Å². The molecule has 5 heteroatoms. The second-order valence-corrected chi connectivity index (χ2v) is 6.40. The minimum Gasteiger partial charge on any atom is -0.341 e. The van der Waals surface area contributed by atoms with Gasteiger partial charge in [0.1, 0.15) is 0 Å². The van der Waals surface area contributed by atoms with E-state index in [0.29, 0.717) is 0 Å². The summed E-state index contributed by atoms with van der Waals surface area (Å²) in [5.41, 5.74) is 5.94. The SMILES string of the molecule is CSCC[C@@H](N)C(=O)N1CCC(CN(C)C)CC1. The average Bonchev–Trinajstić information content (AvgIpc) is 2.35. The Bertz CT molecular complexity index is 253. The third-order valence-corrected chi connectivity index (χ3v) is 4.14. The second kappa shape index (κ2) is 8.02. The van der Waals surface area contributed by atoms with Crippen molar-refractivity contribution in [2.24, 2.45) is 11.7 Å². The predicted octanol–water partition coefficient (Wildman–Crippen LogP) is 0.867. The van der Waals surface area contributed by atoms with Crippen LogP contribution < -0.4 is 5.73 Å². The first-order chi connectivity index (χ1) is 8.54. The number of hydrogen-bond donors (Lipinski definition) is 1. The third kappa shape index (κ3) is 5.16. The van der Waals surface area contributed by atoms with E-state index < -0.39 is 0 Å². The maximum absolute atomic E-state index is 12.1. The van der Waals surface area contributed by atoms with Crippen molar-refractivity contribution >= 4 is 17.7 Å². The molecule has 0 aliphatic carbocycles. The van der Waals surface area contributed by atoms with Gasteiger partial charge in [-0.3, -0.25) is 4.79 Å². The number of nitrogens with zero attached hydrogens (tertiary/aromatic N) is 2. The zero-order valence-corrected chi connectivity index (χ0v) is 12.7. The highest BCUT2D eigenvalue weighted by atomic mass is 32.2. The zero-order chi connectivity index (χ0) is 13.5. The van der Waals surface area contributed by atoms with Gasteiger partial charge in [-0.05, 0) is 51.3 Å². The lowest BCUT2D eigenvalue weighted by Gasteiger charge is -2.34. The molecule has 0 aromatic carbocycles. The summed E-state index contributed by atoms with van der Waals surface area (Å²) in [5.74, 6) is 1.84. The van der Waals surface area contributed by atoms with Gasteiger partial charge in [0.25, 0.3) is 0 Å². The number of rotatable bonds is 6. The Morgan fingerprint density at radius 3 is 2.56 bits per heavy atom. The molecule has 1 aliphatic heterocycles. The summed E-state index contributed by atoms with van der Waals surface area (Å²) in [6.07, 6.45) is 5.06. The van der Waals surface area contributed by atoms with Gasteiger partial charge in [0.2, 0.25) is 5.91 Å². The van der Waals surface area contributed by atoms with Crippen LogP contribution in [-0.4, -0.2) is 67.5 Å². The Morgan fingerprint density at radius 2 is 2.06 bits per heavy atom. The lowest BCUT2D eigenvalue weighted by atomic mass is 9.96. The highest BCUT2D eigenvalue weighted by molar-refractivity contribution is 7.98. The number of piperidine rings is 1. The van der Waals surface area contributed by atoms with Crippen LogP contribution in [0.2, 0.25) is 0 Å². The Kier molecular flexibility index (Phi) is 7.04. The van der Waals surface area contributed by atoms with E-state index in [4.69, 9.17) is 5.73 Å². The molecule has 1 rings (SSSR count). The average molecular weight is 273 g/mol. The van der Waals surface area contributed by atoms with Crippen molar-refractivity contribution in [2.45, 2.75) is 25.3 Å². The number of nitrogens with two attached hydrogens (primary N) is 1. The van der Waals surface area contributed by atoms with E-state index >= 15 is 0 Å². The molecule has 1 heterocycles. The molecule has 0 spiro atoms. The van der Waals surface area contributed by atoms with E-state index in [9.17, 15) is 4.79 Å². The molecule has 1 saturated heterocycles. The van der Waals surface area contributed by atoms with Crippen molar-refractivity contribution in [1.29, 1.82) is 0 Å². The fraction of sp³-hybridized carbons (Fsp3) is 0.923. The van der Waals surface area contributed by atoms with Crippen LogP contribution in [-0.2, 0) is 4.79 Å². The molecule has 0 saturated carbocycles. The summed E-state index contributed by atoms with van der Waals surface area (Å²) >= 11 is 1.74. The van der Waals surface area contributed by atoms with Crippen LogP contribution in [0.15, 0.2) is 0 Å². The lowest BCUT2D eigenvalue weighted by Crippen LogP contribution is -2.48. The third-order valence-electron chi connectivity index (χ3n) is 3.50. The van der Waals surface area contributed by atoms with Gasteiger partial charge < -0.3 is 15.5 Å². The van der Waals surface area contributed by atoms with Crippen LogP contribution in [0.4, 0.5) is 0 Å². The topological polar surface area (TPSA) is 49.6 Å². The van der Waals surface area contributed by atoms with Crippen LogP contribution in [0.5, 0.6) is 0 Å². The number of carbonyl (C=O) groups is 1. The summed E-state index contributed by atoms with van der Waals surface area (Å²) in [6.45, 7) is 2.88. The van der Waals surface area contributed by atoms with Gasteiger partial charge in [0.15, 0.2) is 0 Å². The van der Waals surface area contributed by atoms with E-state index in [2.05, 4.69) is 19.0 Å². The van der Waals surface area contributed by atoms with Gasteiger partial charge >= 0.3 is 0 Å². The van der Waals surface area contributed by atoms with Gasteiger partial charge in [0.05, 0.1) is 6.04 Å². The first-order valence-corrected chi connectivity index (χ1v) is 8.12. The predicted molar refractivity (Wildman–Crippen MR) is 78.8 cm³/mol. The van der Waals surface area contributed by atoms with Crippen LogP contribution in [0.1, 0.15) is 19.3 Å². The van der Waals surface area contributed by atoms with E-state index in [0.717, 1.165) is 50.6 Å². The van der Waals surface area contributed by atoms with Crippen molar-refractivity contribution in [3.8, 4) is 0 Å². The van der Waals surface area contributed by atoms with E-state index in [1.165, 1.54) is 0 Å². The number of hydrogen-bond acceptors (Lipinski definition) is 4. The van der Waals surface area contributed by atoms with E-state index in [-0.39, 0.29) is 11.9 Å². The van der Waals surface area contributed by atoms with Crippen molar-refractivity contribution in [3.63, 3.8) is 0 Å². The molecule has 106 valence electrons. The fourth-order valence-electron chi connectivity index (χ4n) is 2.46. The largest absolute Gasteiger partial charge is 0.341 e. The molecule has 1 atom stereocenters. The first-order valence-electron chi connectivity index (χ1n) is 6.72. The summed E-state index contributed by atoms with van der Waals surface area (Å²) in [4.78, 5) is 16.3. The molecule has 2 N–H and O–H groups in total. The first kappa shape index (κ1) is 15.8. The van der Waals surface area contributed by atoms with Gasteiger partial charge in [-0.15, -0.1) is 0 Å². The smallest absolute Gasteiger partial charge is 0.239 e. The standard InChI is InChI=1S/C13H27N3OS/c1-15(2)10-11-4-7-16(8-5-11)13(17)12(14)6-9-18-3/h11-12H,4-10,14H2,1-3H3/t12-/m1/s1. The summed E-state index contributed by atoms with van der Waals surface area (Å²) in [6, 6.07) is -0.303. The van der Waals surface area contributed by atoms with Crippen molar-refractivity contribution in [1.82, 2.24) is 9.80 Å². The highest BCUT2D eigenvalue weighted by Crippen LogP contribution is 2.18. The van der Waals surface area contributed by atoms with Crippen LogP contribution in [0, 0.1) is 5.92 Å². The Hall–Kier alpha value is -0.260. The molecule has 0 aromatic rings. The minimum absolute atomic E-state index is 0.146. The lowest BCUT2D eigenvalue weighted by molar-refractivity contribution is -0.134. The van der Waals surface area contributed by atoms with Gasteiger partial charge in [-0.1, -0.05) is 0 Å². The number of thioether (sulfide) groups is 1. The maximum Gasteiger partial charge on any atom is 0.239 e. The molecule has 1 amide bonds. The number of likely N-dealkylation sites (tertiary alicyclic amines) is 1. The van der Waals surface area contributed by atoms with E-state index in [1.807, 2.05) is 11.2 Å². The molecule has 0 radical (unpaired) electrons. The molecule has 1 fully saturated rings.